The molecule has 0 saturated carbocycles. The zero-order valence-corrected chi connectivity index (χ0v) is 11.9. The van der Waals surface area contributed by atoms with Crippen LogP contribution in [0.4, 0.5) is 0 Å². The maximum absolute atomic E-state index is 9.85. The fraction of sp³-hybridized carbons (Fsp3) is 0.250. The van der Waals surface area contributed by atoms with Gasteiger partial charge in [-0.1, -0.05) is 48.0 Å². The molecule has 2 rings (SSSR count). The van der Waals surface area contributed by atoms with Gasteiger partial charge in [0.2, 0.25) is 0 Å². The Labute approximate surface area is 119 Å². The quantitative estimate of drug-likeness (QED) is 0.864. The number of hydrogen-bond donors (Lipinski definition) is 2. The van der Waals surface area contributed by atoms with E-state index in [2.05, 4.69) is 12.2 Å². The van der Waals surface area contributed by atoms with Crippen molar-refractivity contribution in [2.24, 2.45) is 0 Å². The second-order valence-electron chi connectivity index (χ2n) is 4.69. The van der Waals surface area contributed by atoms with Gasteiger partial charge in [0.1, 0.15) is 5.75 Å². The van der Waals surface area contributed by atoms with Crippen molar-refractivity contribution in [1.82, 2.24) is 5.32 Å². The molecule has 0 saturated heterocycles. The van der Waals surface area contributed by atoms with Crippen molar-refractivity contribution in [2.45, 2.75) is 25.9 Å². The molecule has 0 aromatic heterocycles. The number of phenols is 1. The molecule has 0 aliphatic rings. The second kappa shape index (κ2) is 6.09. The molecule has 2 nitrogen and oxygen atoms in total. The second-order valence-corrected chi connectivity index (χ2v) is 5.10. The van der Waals surface area contributed by atoms with Gasteiger partial charge < -0.3 is 10.4 Å². The highest BCUT2D eigenvalue weighted by Crippen LogP contribution is 2.28. The van der Waals surface area contributed by atoms with Gasteiger partial charge in [0.15, 0.2) is 0 Å². The lowest BCUT2D eigenvalue weighted by Crippen LogP contribution is -2.22. The highest BCUT2D eigenvalue weighted by atomic mass is 35.5. The van der Waals surface area contributed by atoms with Gasteiger partial charge in [-0.15, -0.1) is 0 Å². The van der Waals surface area contributed by atoms with E-state index in [1.165, 1.54) is 0 Å². The third kappa shape index (κ3) is 3.28. The Bertz CT molecular complexity index is 506. The van der Waals surface area contributed by atoms with Gasteiger partial charge in [0.25, 0.3) is 0 Å². The van der Waals surface area contributed by atoms with Gasteiger partial charge in [-0.3, -0.25) is 0 Å². The van der Waals surface area contributed by atoms with Crippen LogP contribution < -0.4 is 5.32 Å². The number of para-hydroxylation sites is 1. The van der Waals surface area contributed by atoms with Crippen LogP contribution in [0.15, 0.2) is 48.5 Å². The van der Waals surface area contributed by atoms with Crippen LogP contribution in [0.2, 0.25) is 5.02 Å². The van der Waals surface area contributed by atoms with E-state index in [4.69, 9.17) is 11.6 Å². The van der Waals surface area contributed by atoms with E-state index in [1.807, 2.05) is 49.4 Å². The first-order valence-corrected chi connectivity index (χ1v) is 6.75. The van der Waals surface area contributed by atoms with Crippen molar-refractivity contribution >= 4 is 11.6 Å². The molecule has 2 atom stereocenters. The summed E-state index contributed by atoms with van der Waals surface area (Å²) in [6, 6.07) is 15.3. The molecule has 2 aromatic rings. The molecule has 2 N–H and O–H groups in total. The van der Waals surface area contributed by atoms with Crippen LogP contribution in [0.5, 0.6) is 5.75 Å². The van der Waals surface area contributed by atoms with Crippen LogP contribution in [0.1, 0.15) is 37.1 Å². The molecule has 2 aromatic carbocycles. The Morgan fingerprint density at radius 2 is 1.42 bits per heavy atom. The smallest absolute Gasteiger partial charge is 0.120 e. The topological polar surface area (TPSA) is 32.3 Å². The molecule has 100 valence electrons. The molecule has 0 aliphatic heterocycles. The fourth-order valence-electron chi connectivity index (χ4n) is 2.23. The first-order chi connectivity index (χ1) is 9.09. The van der Waals surface area contributed by atoms with Gasteiger partial charge in [0, 0.05) is 22.7 Å². The Balaban J connectivity index is 2.13. The van der Waals surface area contributed by atoms with Crippen LogP contribution in [-0.2, 0) is 0 Å². The molecule has 1 unspecified atom stereocenters. The Morgan fingerprint density at radius 1 is 0.895 bits per heavy atom. The predicted molar refractivity (Wildman–Crippen MR) is 79.5 cm³/mol. The summed E-state index contributed by atoms with van der Waals surface area (Å²) < 4.78 is 0. The molecule has 0 fully saturated rings. The predicted octanol–water partition coefficient (Wildman–Crippen LogP) is 4.46. The van der Waals surface area contributed by atoms with Crippen molar-refractivity contribution in [3.8, 4) is 5.75 Å². The number of benzene rings is 2. The lowest BCUT2D eigenvalue weighted by molar-refractivity contribution is 0.438. The number of phenolic OH excluding ortho intramolecular Hbond substituents is 1. The third-order valence-electron chi connectivity index (χ3n) is 3.27. The molecule has 19 heavy (non-hydrogen) atoms. The molecule has 0 spiro atoms. The fourth-order valence-corrected chi connectivity index (χ4v) is 2.53. The summed E-state index contributed by atoms with van der Waals surface area (Å²) in [5.41, 5.74) is 1.95. The van der Waals surface area contributed by atoms with E-state index < -0.39 is 0 Å². The molecule has 0 radical (unpaired) electrons. The van der Waals surface area contributed by atoms with Crippen LogP contribution in [-0.4, -0.2) is 5.11 Å². The van der Waals surface area contributed by atoms with Crippen LogP contribution in [0.25, 0.3) is 0 Å². The minimum atomic E-state index is 0.0486. The molecule has 0 heterocycles. The zero-order chi connectivity index (χ0) is 13.8. The van der Waals surface area contributed by atoms with E-state index in [9.17, 15) is 5.11 Å². The SMILES string of the molecule is CC(N[C@@H](C)c1ccccc1Cl)c1ccccc1O. The summed E-state index contributed by atoms with van der Waals surface area (Å²) in [5, 5.41) is 14.1. The number of nitrogens with one attached hydrogen (secondary N) is 1. The average Bonchev–Trinajstić information content (AvgIpc) is 2.39. The lowest BCUT2D eigenvalue weighted by Gasteiger charge is -2.22. The van der Waals surface area contributed by atoms with Gasteiger partial charge >= 0.3 is 0 Å². The Kier molecular flexibility index (Phi) is 4.46. The highest BCUT2D eigenvalue weighted by Gasteiger charge is 2.15. The Hall–Kier alpha value is -1.51. The number of aromatic hydroxyl groups is 1. The third-order valence-corrected chi connectivity index (χ3v) is 3.62. The number of hydrogen-bond acceptors (Lipinski definition) is 2. The maximum Gasteiger partial charge on any atom is 0.120 e. The van der Waals surface area contributed by atoms with Gasteiger partial charge in [-0.05, 0) is 31.5 Å². The van der Waals surface area contributed by atoms with Crippen molar-refractivity contribution in [2.75, 3.05) is 0 Å². The lowest BCUT2D eigenvalue weighted by atomic mass is 10.0. The summed E-state index contributed by atoms with van der Waals surface area (Å²) in [6.45, 7) is 4.10. The van der Waals surface area contributed by atoms with Gasteiger partial charge in [-0.25, -0.2) is 0 Å². The van der Waals surface area contributed by atoms with Crippen LogP contribution in [0.3, 0.4) is 0 Å². The van der Waals surface area contributed by atoms with Crippen LogP contribution >= 0.6 is 11.6 Å². The molecule has 0 bridgehead atoms. The molecular weight excluding hydrogens is 258 g/mol. The normalized spacial score (nSPS) is 14.1. The first-order valence-electron chi connectivity index (χ1n) is 6.38. The maximum atomic E-state index is 9.85. The highest BCUT2D eigenvalue weighted by molar-refractivity contribution is 6.31. The zero-order valence-electron chi connectivity index (χ0n) is 11.1. The van der Waals surface area contributed by atoms with E-state index >= 15 is 0 Å². The largest absolute Gasteiger partial charge is 0.508 e. The van der Waals surface area contributed by atoms with Gasteiger partial charge in [-0.2, -0.15) is 0 Å². The van der Waals surface area contributed by atoms with Crippen molar-refractivity contribution in [1.29, 1.82) is 0 Å². The van der Waals surface area contributed by atoms with E-state index in [-0.39, 0.29) is 12.1 Å². The summed E-state index contributed by atoms with van der Waals surface area (Å²) in [7, 11) is 0. The summed E-state index contributed by atoms with van der Waals surface area (Å²) in [4.78, 5) is 0. The standard InChI is InChI=1S/C16H18ClNO/c1-11(13-7-3-5-9-15(13)17)18-12(2)14-8-4-6-10-16(14)19/h3-12,18-19H,1-2H3/t11-,12?/m0/s1. The number of halogens is 1. The first kappa shape index (κ1) is 13.9. The summed E-state index contributed by atoms with van der Waals surface area (Å²) in [6.07, 6.45) is 0. The molecular formula is C16H18ClNO. The van der Waals surface area contributed by atoms with Gasteiger partial charge in [0.05, 0.1) is 0 Å². The Morgan fingerprint density at radius 3 is 2.05 bits per heavy atom. The molecule has 0 aliphatic carbocycles. The van der Waals surface area contributed by atoms with Crippen molar-refractivity contribution < 1.29 is 5.11 Å². The molecule has 0 amide bonds. The van der Waals surface area contributed by atoms with E-state index in [1.54, 1.807) is 6.07 Å². The molecule has 3 heteroatoms. The monoisotopic (exact) mass is 275 g/mol. The minimum Gasteiger partial charge on any atom is -0.508 e. The van der Waals surface area contributed by atoms with Crippen molar-refractivity contribution in [3.63, 3.8) is 0 Å². The van der Waals surface area contributed by atoms with E-state index in [0.29, 0.717) is 5.75 Å². The summed E-state index contributed by atoms with van der Waals surface area (Å²) >= 11 is 6.19. The van der Waals surface area contributed by atoms with Crippen molar-refractivity contribution in [3.05, 3.63) is 64.7 Å². The number of rotatable bonds is 4. The van der Waals surface area contributed by atoms with E-state index in [0.717, 1.165) is 16.1 Å². The van der Waals surface area contributed by atoms with Crippen LogP contribution in [0, 0.1) is 0 Å². The average molecular weight is 276 g/mol. The minimum absolute atomic E-state index is 0.0486. The summed E-state index contributed by atoms with van der Waals surface area (Å²) in [5.74, 6) is 0.314.